The van der Waals surface area contributed by atoms with Gasteiger partial charge in [0.05, 0.1) is 7.11 Å². The molecule has 1 aliphatic heterocycles. The van der Waals surface area contributed by atoms with Crippen LogP contribution in [-0.4, -0.2) is 60.6 Å². The number of piperidine rings is 1. The number of carbonyl (C=O) groups excluding carboxylic acids is 1. The number of hydrogen-bond donors (Lipinski definition) is 0. The molecule has 0 spiro atoms. The number of likely N-dealkylation sites (N-methyl/N-ethyl adjacent to an activating group) is 1. The number of benzene rings is 1. The molecule has 2 heterocycles. The molecule has 3 rings (SSSR count). The number of nitrogens with zero attached hydrogens (tertiary/aromatic N) is 4. The number of likely N-dealkylation sites (tertiary alicyclic amines) is 1. The molecule has 0 bridgehead atoms. The number of aromatic nitrogens is 1. The van der Waals surface area contributed by atoms with E-state index in [1.54, 1.807) is 13.2 Å². The monoisotopic (exact) mass is 406 g/mol. The number of nitriles is 1. The molecule has 6 heteroatoms. The smallest absolute Gasteiger partial charge is 0.264 e. The Labute approximate surface area is 179 Å². The number of aryl methyl sites for hydroxylation is 1. The first-order valence-electron chi connectivity index (χ1n) is 10.3. The van der Waals surface area contributed by atoms with E-state index in [1.165, 1.54) is 0 Å². The van der Waals surface area contributed by atoms with E-state index in [0.29, 0.717) is 19.1 Å². The number of rotatable bonds is 5. The Kier molecular flexibility index (Phi) is 6.63. The molecule has 1 atom stereocenters. The van der Waals surface area contributed by atoms with Crippen LogP contribution >= 0.6 is 0 Å². The summed E-state index contributed by atoms with van der Waals surface area (Å²) in [7, 11) is 5.72. The van der Waals surface area contributed by atoms with Crippen molar-refractivity contribution in [1.29, 1.82) is 5.26 Å². The van der Waals surface area contributed by atoms with E-state index in [0.717, 1.165) is 41.2 Å². The number of methoxy groups -OCH3 is 1. The van der Waals surface area contributed by atoms with Crippen molar-refractivity contribution in [2.24, 2.45) is 0 Å². The lowest BCUT2D eigenvalue weighted by Gasteiger charge is -2.36. The number of ether oxygens (including phenoxy) is 1. The number of carbonyl (C=O) groups is 1. The van der Waals surface area contributed by atoms with Crippen LogP contribution in [0.5, 0.6) is 5.75 Å². The highest BCUT2D eigenvalue weighted by Gasteiger charge is 2.27. The summed E-state index contributed by atoms with van der Waals surface area (Å²) < 4.78 is 7.36. The first-order chi connectivity index (χ1) is 14.3. The standard InChI is InChI=1S/C24H30N4O2/c1-17-13-19(18(2)28(17)21-8-10-23(30-5)11-9-21)14-20(15-25)24(29)27-12-6-7-22(16-27)26(3)4/h8-11,13-14,22H,6-7,12,16H2,1-5H3/b20-14-. The van der Waals surface area contributed by atoms with Crippen LogP contribution in [0.3, 0.4) is 0 Å². The van der Waals surface area contributed by atoms with E-state index in [2.05, 4.69) is 15.5 Å². The maximum Gasteiger partial charge on any atom is 0.264 e. The second-order valence-corrected chi connectivity index (χ2v) is 8.04. The molecule has 158 valence electrons. The molecule has 6 nitrogen and oxygen atoms in total. The minimum atomic E-state index is -0.182. The van der Waals surface area contributed by atoms with Crippen molar-refractivity contribution in [3.63, 3.8) is 0 Å². The van der Waals surface area contributed by atoms with E-state index >= 15 is 0 Å². The Bertz CT molecular complexity index is 980. The molecule has 0 N–H and O–H groups in total. The van der Waals surface area contributed by atoms with Crippen molar-refractivity contribution >= 4 is 12.0 Å². The summed E-state index contributed by atoms with van der Waals surface area (Å²) in [4.78, 5) is 17.0. The van der Waals surface area contributed by atoms with Gasteiger partial charge in [0.2, 0.25) is 0 Å². The third-order valence-corrected chi connectivity index (χ3v) is 5.87. The average Bonchev–Trinajstić information content (AvgIpc) is 3.04. The van der Waals surface area contributed by atoms with E-state index in [4.69, 9.17) is 4.74 Å². The zero-order valence-corrected chi connectivity index (χ0v) is 18.5. The lowest BCUT2D eigenvalue weighted by atomic mass is 10.0. The van der Waals surface area contributed by atoms with E-state index in [1.807, 2.05) is 63.2 Å². The van der Waals surface area contributed by atoms with E-state index in [-0.39, 0.29) is 11.5 Å². The van der Waals surface area contributed by atoms with Gasteiger partial charge in [0.25, 0.3) is 5.91 Å². The minimum Gasteiger partial charge on any atom is -0.497 e. The fraction of sp³-hybridized carbons (Fsp3) is 0.417. The molecule has 0 saturated carbocycles. The van der Waals surface area contributed by atoms with E-state index in [9.17, 15) is 10.1 Å². The predicted molar refractivity (Wildman–Crippen MR) is 119 cm³/mol. The molecule has 1 fully saturated rings. The highest BCUT2D eigenvalue weighted by atomic mass is 16.5. The fourth-order valence-electron chi connectivity index (χ4n) is 4.09. The lowest BCUT2D eigenvalue weighted by molar-refractivity contribution is -0.128. The molecule has 1 saturated heterocycles. The van der Waals surface area contributed by atoms with Crippen LogP contribution in [0.25, 0.3) is 11.8 Å². The van der Waals surface area contributed by atoms with Crippen molar-refractivity contribution in [1.82, 2.24) is 14.4 Å². The lowest BCUT2D eigenvalue weighted by Crippen LogP contribution is -2.47. The van der Waals surface area contributed by atoms with Gasteiger partial charge in [-0.1, -0.05) is 0 Å². The Hall–Kier alpha value is -3.04. The van der Waals surface area contributed by atoms with Gasteiger partial charge in [-0.25, -0.2) is 0 Å². The first-order valence-corrected chi connectivity index (χ1v) is 10.3. The SMILES string of the molecule is COc1ccc(-n2c(C)cc(/C=C(/C#N)C(=O)N3CCCC(N(C)C)C3)c2C)cc1. The minimum absolute atomic E-state index is 0.182. The highest BCUT2D eigenvalue weighted by molar-refractivity contribution is 6.02. The third-order valence-electron chi connectivity index (χ3n) is 5.87. The molecule has 1 aromatic heterocycles. The molecule has 30 heavy (non-hydrogen) atoms. The maximum atomic E-state index is 13.0. The molecular formula is C24H30N4O2. The van der Waals surface area contributed by atoms with Gasteiger partial charge in [-0.15, -0.1) is 0 Å². The first kappa shape index (κ1) is 21.7. The van der Waals surface area contributed by atoms with Crippen molar-refractivity contribution < 1.29 is 9.53 Å². The molecular weight excluding hydrogens is 376 g/mol. The van der Waals surface area contributed by atoms with Gasteiger partial charge >= 0.3 is 0 Å². The van der Waals surface area contributed by atoms with Crippen LogP contribution in [0.4, 0.5) is 0 Å². The largest absolute Gasteiger partial charge is 0.497 e. The normalized spacial score (nSPS) is 17.2. The Morgan fingerprint density at radius 1 is 1.27 bits per heavy atom. The zero-order chi connectivity index (χ0) is 21.8. The molecule has 1 amide bonds. The third kappa shape index (κ3) is 4.42. The second kappa shape index (κ2) is 9.19. The summed E-state index contributed by atoms with van der Waals surface area (Å²) in [6.45, 7) is 5.39. The zero-order valence-electron chi connectivity index (χ0n) is 18.5. The molecule has 1 aliphatic rings. The summed E-state index contributed by atoms with van der Waals surface area (Å²) in [6, 6.07) is 12.3. The summed E-state index contributed by atoms with van der Waals surface area (Å²) >= 11 is 0. The summed E-state index contributed by atoms with van der Waals surface area (Å²) in [5, 5.41) is 9.71. The molecule has 0 aliphatic carbocycles. The second-order valence-electron chi connectivity index (χ2n) is 8.04. The van der Waals surface area contributed by atoms with Gasteiger partial charge in [0.1, 0.15) is 17.4 Å². The summed E-state index contributed by atoms with van der Waals surface area (Å²) in [5.74, 6) is 0.620. The molecule has 1 aromatic carbocycles. The van der Waals surface area contributed by atoms with Crippen LogP contribution in [0.15, 0.2) is 35.9 Å². The Balaban J connectivity index is 1.89. The van der Waals surface area contributed by atoms with Crippen LogP contribution in [0.2, 0.25) is 0 Å². The summed E-state index contributed by atoms with van der Waals surface area (Å²) in [5.41, 5.74) is 4.11. The van der Waals surface area contributed by atoms with Crippen LogP contribution in [0, 0.1) is 25.2 Å². The highest BCUT2D eigenvalue weighted by Crippen LogP contribution is 2.25. The van der Waals surface area contributed by atoms with Crippen molar-refractivity contribution in [3.8, 4) is 17.5 Å². The number of amides is 1. The molecule has 1 unspecified atom stereocenters. The van der Waals surface area contributed by atoms with Crippen LogP contribution < -0.4 is 4.74 Å². The maximum absolute atomic E-state index is 13.0. The van der Waals surface area contributed by atoms with Gasteiger partial charge in [-0.3, -0.25) is 4.79 Å². The fourth-order valence-corrected chi connectivity index (χ4v) is 4.09. The Morgan fingerprint density at radius 3 is 2.57 bits per heavy atom. The van der Waals surface area contributed by atoms with Gasteiger partial charge in [-0.2, -0.15) is 5.26 Å². The molecule has 0 radical (unpaired) electrons. The van der Waals surface area contributed by atoms with Crippen molar-refractivity contribution in [2.45, 2.75) is 32.7 Å². The van der Waals surface area contributed by atoms with Crippen LogP contribution in [-0.2, 0) is 4.79 Å². The van der Waals surface area contributed by atoms with Gasteiger partial charge in [0.15, 0.2) is 0 Å². The van der Waals surface area contributed by atoms with Crippen molar-refractivity contribution in [2.75, 3.05) is 34.3 Å². The van der Waals surface area contributed by atoms with Crippen LogP contribution in [0.1, 0.15) is 29.8 Å². The van der Waals surface area contributed by atoms with Gasteiger partial charge in [-0.05, 0) is 82.8 Å². The average molecular weight is 407 g/mol. The molecule has 2 aromatic rings. The Morgan fingerprint density at radius 2 is 1.97 bits per heavy atom. The predicted octanol–water partition coefficient (Wildman–Crippen LogP) is 3.56. The summed E-state index contributed by atoms with van der Waals surface area (Å²) in [6.07, 6.45) is 3.76. The van der Waals surface area contributed by atoms with E-state index < -0.39 is 0 Å². The van der Waals surface area contributed by atoms with Gasteiger partial charge in [0, 0.05) is 36.2 Å². The quantitative estimate of drug-likeness (QED) is 0.563. The van der Waals surface area contributed by atoms with Gasteiger partial charge < -0.3 is 19.1 Å². The van der Waals surface area contributed by atoms with Crippen molar-refractivity contribution in [3.05, 3.63) is 52.9 Å². The topological polar surface area (TPSA) is 61.5 Å². The number of hydrogen-bond acceptors (Lipinski definition) is 4.